The molecule has 0 spiro atoms. The van der Waals surface area contributed by atoms with E-state index in [1.165, 1.54) is 6.07 Å². The Hall–Kier alpha value is -1.56. The Balaban J connectivity index is 2.35. The Kier molecular flexibility index (Phi) is 3.80. The number of nitrogens with one attached hydrogen (secondary N) is 2. The van der Waals surface area contributed by atoms with E-state index in [0.29, 0.717) is 11.4 Å². The first kappa shape index (κ1) is 13.9. The maximum atomic E-state index is 12.0. The van der Waals surface area contributed by atoms with E-state index in [1.807, 2.05) is 0 Å². The van der Waals surface area contributed by atoms with Crippen molar-refractivity contribution in [1.29, 1.82) is 0 Å². The number of fused-ring (bicyclic) bond motifs is 1. The first-order valence-corrected chi connectivity index (χ1v) is 8.23. The van der Waals surface area contributed by atoms with Crippen LogP contribution in [0.15, 0.2) is 23.1 Å². The van der Waals surface area contributed by atoms with Gasteiger partial charge in [-0.05, 0) is 18.6 Å². The zero-order valence-corrected chi connectivity index (χ0v) is 11.9. The molecular formula is C13H18N2O3S. The molecule has 0 bridgehead atoms. The lowest BCUT2D eigenvalue weighted by Crippen LogP contribution is -2.39. The molecule has 1 aromatic carbocycles. The maximum Gasteiger partial charge on any atom is 0.246 e. The van der Waals surface area contributed by atoms with E-state index in [1.54, 1.807) is 12.1 Å². The van der Waals surface area contributed by atoms with Crippen molar-refractivity contribution in [1.82, 2.24) is 0 Å². The van der Waals surface area contributed by atoms with Gasteiger partial charge < -0.3 is 10.6 Å². The Labute approximate surface area is 113 Å². The van der Waals surface area contributed by atoms with Crippen molar-refractivity contribution in [2.24, 2.45) is 0 Å². The van der Waals surface area contributed by atoms with Gasteiger partial charge in [0, 0.05) is 6.26 Å². The highest BCUT2D eigenvalue weighted by Crippen LogP contribution is 2.33. The molecule has 0 saturated carbocycles. The zero-order valence-electron chi connectivity index (χ0n) is 11.1. The third-order valence-corrected chi connectivity index (χ3v) is 4.31. The molecule has 2 rings (SSSR count). The van der Waals surface area contributed by atoms with Gasteiger partial charge in [0.25, 0.3) is 0 Å². The topological polar surface area (TPSA) is 75.3 Å². The second kappa shape index (κ2) is 5.21. The number of benzene rings is 1. The summed E-state index contributed by atoms with van der Waals surface area (Å²) in [5, 5.41) is 5.83. The summed E-state index contributed by atoms with van der Waals surface area (Å²) in [7, 11) is -3.36. The van der Waals surface area contributed by atoms with Gasteiger partial charge in [-0.1, -0.05) is 25.8 Å². The summed E-state index contributed by atoms with van der Waals surface area (Å²) < 4.78 is 23.4. The molecule has 1 aromatic rings. The van der Waals surface area contributed by atoms with E-state index in [2.05, 4.69) is 17.6 Å². The Morgan fingerprint density at radius 2 is 2.05 bits per heavy atom. The molecule has 0 fully saturated rings. The minimum Gasteiger partial charge on any atom is -0.372 e. The molecule has 1 amide bonds. The highest BCUT2D eigenvalue weighted by Gasteiger charge is 2.28. The van der Waals surface area contributed by atoms with Crippen molar-refractivity contribution in [3.05, 3.63) is 18.2 Å². The van der Waals surface area contributed by atoms with Crippen LogP contribution in [0.25, 0.3) is 0 Å². The van der Waals surface area contributed by atoms with Gasteiger partial charge in [-0.2, -0.15) is 0 Å². The molecule has 104 valence electrons. The Morgan fingerprint density at radius 3 is 2.68 bits per heavy atom. The van der Waals surface area contributed by atoms with Crippen LogP contribution in [0.4, 0.5) is 11.4 Å². The average Bonchev–Trinajstić information content (AvgIpc) is 2.34. The van der Waals surface area contributed by atoms with Gasteiger partial charge in [0.05, 0.1) is 16.3 Å². The molecule has 0 aromatic heterocycles. The van der Waals surface area contributed by atoms with E-state index >= 15 is 0 Å². The van der Waals surface area contributed by atoms with Gasteiger partial charge >= 0.3 is 0 Å². The highest BCUT2D eigenvalue weighted by molar-refractivity contribution is 7.90. The number of rotatable bonds is 4. The molecule has 0 aliphatic carbocycles. The van der Waals surface area contributed by atoms with Crippen molar-refractivity contribution in [3.8, 4) is 0 Å². The van der Waals surface area contributed by atoms with Crippen molar-refractivity contribution >= 4 is 27.1 Å². The number of anilines is 2. The van der Waals surface area contributed by atoms with E-state index in [9.17, 15) is 13.2 Å². The summed E-state index contributed by atoms with van der Waals surface area (Å²) in [6.07, 6.45) is 3.84. The fraction of sp³-hybridized carbons (Fsp3) is 0.462. The minimum atomic E-state index is -3.36. The number of para-hydroxylation sites is 1. The van der Waals surface area contributed by atoms with E-state index < -0.39 is 9.84 Å². The van der Waals surface area contributed by atoms with Crippen LogP contribution in [0.2, 0.25) is 0 Å². The van der Waals surface area contributed by atoms with Crippen LogP contribution in [-0.2, 0) is 14.6 Å². The molecule has 0 radical (unpaired) electrons. The van der Waals surface area contributed by atoms with Crippen LogP contribution in [-0.4, -0.2) is 26.6 Å². The predicted molar refractivity (Wildman–Crippen MR) is 75.1 cm³/mol. The lowest BCUT2D eigenvalue weighted by molar-refractivity contribution is -0.117. The van der Waals surface area contributed by atoms with Gasteiger partial charge in [-0.25, -0.2) is 8.42 Å². The van der Waals surface area contributed by atoms with E-state index in [4.69, 9.17) is 0 Å². The molecule has 2 N–H and O–H groups in total. The molecule has 1 atom stereocenters. The number of carbonyl (C=O) groups excluding carboxylic acids is 1. The van der Waals surface area contributed by atoms with E-state index in [0.717, 1.165) is 25.5 Å². The largest absolute Gasteiger partial charge is 0.372 e. The molecule has 5 nitrogen and oxygen atoms in total. The summed E-state index contributed by atoms with van der Waals surface area (Å²) in [6.45, 7) is 2.07. The fourth-order valence-electron chi connectivity index (χ4n) is 2.16. The number of hydrogen-bond acceptors (Lipinski definition) is 4. The highest BCUT2D eigenvalue weighted by atomic mass is 32.2. The van der Waals surface area contributed by atoms with Crippen LogP contribution in [0.1, 0.15) is 26.2 Å². The molecular weight excluding hydrogens is 264 g/mol. The molecule has 1 unspecified atom stereocenters. The molecule has 1 aliphatic rings. The van der Waals surface area contributed by atoms with Crippen molar-refractivity contribution < 1.29 is 13.2 Å². The van der Waals surface area contributed by atoms with Crippen molar-refractivity contribution in [2.75, 3.05) is 16.9 Å². The lowest BCUT2D eigenvalue weighted by Gasteiger charge is -2.28. The number of sulfone groups is 1. The minimum absolute atomic E-state index is 0.153. The predicted octanol–water partition coefficient (Wildman–Crippen LogP) is 2.01. The summed E-state index contributed by atoms with van der Waals surface area (Å²) in [6, 6.07) is 4.67. The van der Waals surface area contributed by atoms with Gasteiger partial charge in [-0.15, -0.1) is 0 Å². The van der Waals surface area contributed by atoms with Gasteiger partial charge in [0.1, 0.15) is 6.04 Å². The SMILES string of the molecule is CCCCC1Nc2cccc(S(C)(=O)=O)c2NC1=O. The van der Waals surface area contributed by atoms with Crippen LogP contribution in [0.5, 0.6) is 0 Å². The smallest absolute Gasteiger partial charge is 0.246 e. The Morgan fingerprint density at radius 1 is 1.32 bits per heavy atom. The van der Waals surface area contributed by atoms with Crippen molar-refractivity contribution in [2.45, 2.75) is 37.1 Å². The van der Waals surface area contributed by atoms with Gasteiger partial charge in [0.2, 0.25) is 5.91 Å². The number of unbranched alkanes of at least 4 members (excludes halogenated alkanes) is 1. The normalized spacial score (nSPS) is 18.4. The second-order valence-electron chi connectivity index (χ2n) is 4.78. The summed E-state index contributed by atoms with van der Waals surface area (Å²) in [4.78, 5) is 12.1. The van der Waals surface area contributed by atoms with Crippen LogP contribution < -0.4 is 10.6 Å². The van der Waals surface area contributed by atoms with Crippen LogP contribution in [0, 0.1) is 0 Å². The maximum absolute atomic E-state index is 12.0. The zero-order chi connectivity index (χ0) is 14.0. The number of carbonyl (C=O) groups is 1. The first-order chi connectivity index (χ1) is 8.93. The third kappa shape index (κ3) is 2.89. The number of amides is 1. The molecule has 19 heavy (non-hydrogen) atoms. The molecule has 0 saturated heterocycles. The molecule has 6 heteroatoms. The third-order valence-electron chi connectivity index (χ3n) is 3.17. The molecule has 1 aliphatic heterocycles. The van der Waals surface area contributed by atoms with Crippen molar-refractivity contribution in [3.63, 3.8) is 0 Å². The molecule has 1 heterocycles. The average molecular weight is 282 g/mol. The standard InChI is InChI=1S/C13H18N2O3S/c1-3-4-6-10-13(16)15-12-9(14-10)7-5-8-11(12)19(2,17)18/h5,7-8,10,14H,3-4,6H2,1-2H3,(H,15,16). The quantitative estimate of drug-likeness (QED) is 0.886. The second-order valence-corrected chi connectivity index (χ2v) is 6.76. The summed E-state index contributed by atoms with van der Waals surface area (Å²) in [5.41, 5.74) is 1.03. The van der Waals surface area contributed by atoms with Gasteiger partial charge in [-0.3, -0.25) is 4.79 Å². The van der Waals surface area contributed by atoms with Gasteiger partial charge in [0.15, 0.2) is 9.84 Å². The summed E-state index contributed by atoms with van der Waals surface area (Å²) >= 11 is 0. The van der Waals surface area contributed by atoms with Crippen LogP contribution >= 0.6 is 0 Å². The Bertz CT molecular complexity index is 596. The monoisotopic (exact) mass is 282 g/mol. The lowest BCUT2D eigenvalue weighted by atomic mass is 10.1. The first-order valence-electron chi connectivity index (χ1n) is 6.34. The fourth-order valence-corrected chi connectivity index (χ4v) is 3.02. The summed E-state index contributed by atoms with van der Waals surface area (Å²) in [5.74, 6) is -0.169. The number of hydrogen-bond donors (Lipinski definition) is 2. The van der Waals surface area contributed by atoms with Crippen LogP contribution in [0.3, 0.4) is 0 Å². The van der Waals surface area contributed by atoms with E-state index in [-0.39, 0.29) is 16.8 Å².